The molecular formula is C20H17FN6O2S. The number of nitrogens with one attached hydrogen (secondary N) is 1. The Morgan fingerprint density at radius 2 is 2.13 bits per heavy atom. The number of rotatable bonds is 6. The van der Waals surface area contributed by atoms with Crippen LogP contribution in [0.3, 0.4) is 0 Å². The summed E-state index contributed by atoms with van der Waals surface area (Å²) >= 11 is 1.25. The number of hydrogen-bond donors (Lipinski definition) is 2. The number of pyridine rings is 1. The highest BCUT2D eigenvalue weighted by atomic mass is 32.1. The maximum Gasteiger partial charge on any atom is 0.353 e. The van der Waals surface area contributed by atoms with E-state index >= 15 is 0 Å². The molecule has 4 aromatic heterocycles. The molecule has 152 valence electrons. The van der Waals surface area contributed by atoms with E-state index in [0.717, 1.165) is 19.3 Å². The van der Waals surface area contributed by atoms with Crippen LogP contribution in [0.2, 0.25) is 0 Å². The lowest BCUT2D eigenvalue weighted by Gasteiger charge is -2.41. The van der Waals surface area contributed by atoms with Gasteiger partial charge in [-0.3, -0.25) is 9.38 Å². The normalized spacial score (nSPS) is 15.1. The Bertz CT molecular complexity index is 1230. The number of imidazole rings is 1. The summed E-state index contributed by atoms with van der Waals surface area (Å²) in [6.07, 6.45) is 6.05. The molecule has 0 amide bonds. The van der Waals surface area contributed by atoms with Gasteiger partial charge in [0, 0.05) is 29.7 Å². The van der Waals surface area contributed by atoms with Crippen LogP contribution in [0.15, 0.2) is 42.0 Å². The fourth-order valence-corrected chi connectivity index (χ4v) is 4.61. The predicted octanol–water partition coefficient (Wildman–Crippen LogP) is 3.62. The van der Waals surface area contributed by atoms with E-state index in [4.69, 9.17) is 0 Å². The van der Waals surface area contributed by atoms with Crippen LogP contribution in [0.25, 0.3) is 16.3 Å². The lowest BCUT2D eigenvalue weighted by atomic mass is 9.66. The van der Waals surface area contributed by atoms with Crippen LogP contribution in [0.1, 0.15) is 35.4 Å². The van der Waals surface area contributed by atoms with E-state index in [1.54, 1.807) is 36.0 Å². The molecule has 1 fully saturated rings. The topological polar surface area (TPSA) is 105 Å². The van der Waals surface area contributed by atoms with Gasteiger partial charge in [-0.15, -0.1) is 21.5 Å². The maximum atomic E-state index is 14.2. The first-order valence-corrected chi connectivity index (χ1v) is 10.3. The number of hydrogen-bond acceptors (Lipinski definition) is 7. The van der Waals surface area contributed by atoms with E-state index in [0.29, 0.717) is 34.4 Å². The lowest BCUT2D eigenvalue weighted by molar-refractivity contribution is 0.0689. The highest BCUT2D eigenvalue weighted by molar-refractivity contribution is 7.15. The van der Waals surface area contributed by atoms with Crippen LogP contribution in [-0.2, 0) is 5.41 Å². The molecule has 4 aromatic rings. The van der Waals surface area contributed by atoms with Gasteiger partial charge in [-0.05, 0) is 37.1 Å². The molecule has 0 saturated heterocycles. The Morgan fingerprint density at radius 1 is 1.27 bits per heavy atom. The first-order valence-electron chi connectivity index (χ1n) is 9.45. The number of aromatic carboxylic acids is 1. The first-order chi connectivity index (χ1) is 14.6. The average molecular weight is 424 g/mol. The van der Waals surface area contributed by atoms with Gasteiger partial charge < -0.3 is 10.4 Å². The van der Waals surface area contributed by atoms with E-state index in [9.17, 15) is 14.3 Å². The van der Waals surface area contributed by atoms with E-state index in [1.807, 2.05) is 0 Å². The molecule has 0 radical (unpaired) electrons. The van der Waals surface area contributed by atoms with Crippen molar-refractivity contribution in [2.75, 3.05) is 11.9 Å². The zero-order valence-corrected chi connectivity index (χ0v) is 16.6. The molecule has 1 saturated carbocycles. The van der Waals surface area contributed by atoms with Gasteiger partial charge in [0.05, 0.1) is 5.69 Å². The van der Waals surface area contributed by atoms with E-state index in [-0.39, 0.29) is 16.9 Å². The second kappa shape index (κ2) is 7.13. The SMILES string of the molecule is O=C(O)c1csc2nc(-c3ccc(NCC4(c5ncccc5F)CCC4)nn3)cn12. The number of carbonyl (C=O) groups is 1. The zero-order valence-electron chi connectivity index (χ0n) is 15.7. The number of carboxylic acid groups (broad SMARTS) is 1. The summed E-state index contributed by atoms with van der Waals surface area (Å²) in [6.45, 7) is 0.525. The fourth-order valence-electron chi connectivity index (χ4n) is 3.76. The van der Waals surface area contributed by atoms with Crippen LogP contribution in [-0.4, -0.2) is 42.2 Å². The number of fused-ring (bicyclic) bond motifs is 1. The monoisotopic (exact) mass is 424 g/mol. The molecule has 4 heterocycles. The summed E-state index contributed by atoms with van der Waals surface area (Å²) in [5, 5.41) is 22.5. The molecule has 0 bridgehead atoms. The first kappa shape index (κ1) is 18.6. The molecule has 1 aliphatic carbocycles. The number of halogens is 1. The number of anilines is 1. The smallest absolute Gasteiger partial charge is 0.353 e. The summed E-state index contributed by atoms with van der Waals surface area (Å²) < 4.78 is 15.8. The highest BCUT2D eigenvalue weighted by Gasteiger charge is 2.41. The second-order valence-corrected chi connectivity index (χ2v) is 8.17. The van der Waals surface area contributed by atoms with Crippen LogP contribution < -0.4 is 5.32 Å². The summed E-state index contributed by atoms with van der Waals surface area (Å²) in [7, 11) is 0. The largest absolute Gasteiger partial charge is 0.477 e. The van der Waals surface area contributed by atoms with Crippen molar-refractivity contribution in [3.8, 4) is 11.4 Å². The lowest BCUT2D eigenvalue weighted by Crippen LogP contribution is -2.42. The predicted molar refractivity (Wildman–Crippen MR) is 109 cm³/mol. The standard InChI is InChI=1S/C20H17FN6O2S/c21-12-3-1-8-22-17(12)20(6-2-7-20)11-23-16-5-4-13(25-26-16)14-9-27-15(18(28)29)10-30-19(27)24-14/h1,3-5,8-10H,2,6-7,11H2,(H,23,26)(H,28,29). The number of thiazole rings is 1. The maximum absolute atomic E-state index is 14.2. The van der Waals surface area contributed by atoms with Gasteiger partial charge >= 0.3 is 5.97 Å². The van der Waals surface area contributed by atoms with Crippen molar-refractivity contribution in [3.63, 3.8) is 0 Å². The van der Waals surface area contributed by atoms with Crippen molar-refractivity contribution in [1.82, 2.24) is 24.6 Å². The molecule has 0 spiro atoms. The van der Waals surface area contributed by atoms with Crippen molar-refractivity contribution in [1.29, 1.82) is 0 Å². The molecule has 8 nitrogen and oxygen atoms in total. The summed E-state index contributed by atoms with van der Waals surface area (Å²) in [4.78, 5) is 20.5. The van der Waals surface area contributed by atoms with Crippen LogP contribution >= 0.6 is 11.3 Å². The molecule has 5 rings (SSSR count). The van der Waals surface area contributed by atoms with E-state index < -0.39 is 5.97 Å². The Hall–Kier alpha value is -3.40. The van der Waals surface area contributed by atoms with E-state index in [1.165, 1.54) is 21.8 Å². The number of nitrogens with zero attached hydrogens (tertiary/aromatic N) is 5. The third-order valence-electron chi connectivity index (χ3n) is 5.53. The van der Waals surface area contributed by atoms with Crippen molar-refractivity contribution in [2.45, 2.75) is 24.7 Å². The number of carboxylic acids is 1. The van der Waals surface area contributed by atoms with E-state index in [2.05, 4.69) is 25.5 Å². The van der Waals surface area contributed by atoms with Gasteiger partial charge in [0.2, 0.25) is 0 Å². The summed E-state index contributed by atoms with van der Waals surface area (Å²) in [5.74, 6) is -0.709. The van der Waals surface area contributed by atoms with Gasteiger partial charge in [-0.2, -0.15) is 0 Å². The molecule has 30 heavy (non-hydrogen) atoms. The Morgan fingerprint density at radius 3 is 2.80 bits per heavy atom. The van der Waals surface area contributed by atoms with Gasteiger partial charge in [-0.1, -0.05) is 6.42 Å². The average Bonchev–Trinajstić information content (AvgIpc) is 3.29. The third-order valence-corrected chi connectivity index (χ3v) is 6.37. The molecule has 0 aliphatic heterocycles. The molecular weight excluding hydrogens is 407 g/mol. The number of aromatic nitrogens is 5. The summed E-state index contributed by atoms with van der Waals surface area (Å²) in [5.41, 5.74) is 1.43. The Balaban J connectivity index is 1.33. The third kappa shape index (κ3) is 3.09. The highest BCUT2D eigenvalue weighted by Crippen LogP contribution is 2.43. The van der Waals surface area contributed by atoms with Gasteiger partial charge in [-0.25, -0.2) is 14.2 Å². The molecule has 0 unspecified atom stereocenters. The van der Waals surface area contributed by atoms with Gasteiger partial charge in [0.15, 0.2) is 4.96 Å². The van der Waals surface area contributed by atoms with Gasteiger partial charge in [0.1, 0.15) is 28.7 Å². The van der Waals surface area contributed by atoms with Crippen molar-refractivity contribution >= 4 is 28.1 Å². The molecule has 2 N–H and O–H groups in total. The van der Waals surface area contributed by atoms with Crippen LogP contribution in [0.4, 0.5) is 10.2 Å². The zero-order chi connectivity index (χ0) is 20.7. The quantitative estimate of drug-likeness (QED) is 0.487. The molecule has 0 atom stereocenters. The van der Waals surface area contributed by atoms with Crippen molar-refractivity contribution in [3.05, 3.63) is 59.2 Å². The molecule has 0 aromatic carbocycles. The van der Waals surface area contributed by atoms with Crippen molar-refractivity contribution in [2.24, 2.45) is 0 Å². The molecule has 10 heteroatoms. The van der Waals surface area contributed by atoms with Gasteiger partial charge in [0.25, 0.3) is 0 Å². The molecule has 1 aliphatic rings. The minimum Gasteiger partial charge on any atom is -0.477 e. The summed E-state index contributed by atoms with van der Waals surface area (Å²) in [6, 6.07) is 6.61. The Labute approximate surface area is 174 Å². The fraction of sp³-hybridized carbons (Fsp3) is 0.250. The second-order valence-electron chi connectivity index (χ2n) is 7.33. The van der Waals surface area contributed by atoms with Crippen LogP contribution in [0, 0.1) is 5.82 Å². The van der Waals surface area contributed by atoms with Crippen molar-refractivity contribution < 1.29 is 14.3 Å². The Kier molecular flexibility index (Phi) is 4.43. The van der Waals surface area contributed by atoms with Crippen LogP contribution in [0.5, 0.6) is 0 Å². The minimum absolute atomic E-state index is 0.160. The minimum atomic E-state index is -1.01.